The maximum Gasteiger partial charge on any atom is 0.237 e. The summed E-state index contributed by atoms with van der Waals surface area (Å²) >= 11 is 4.30. The predicted molar refractivity (Wildman–Crippen MR) is 81.3 cm³/mol. The largest absolute Gasteiger partial charge is 0.325 e. The molecule has 1 aromatic rings. The molecule has 1 unspecified atom stereocenters. The second-order valence-electron chi connectivity index (χ2n) is 4.98. The first-order valence-electron chi connectivity index (χ1n) is 6.62. The fourth-order valence-corrected chi connectivity index (χ4v) is 1.72. The van der Waals surface area contributed by atoms with Crippen molar-refractivity contribution in [1.29, 1.82) is 0 Å². The summed E-state index contributed by atoms with van der Waals surface area (Å²) in [6.07, 6.45) is 3.51. The molecule has 0 bridgehead atoms. The van der Waals surface area contributed by atoms with Crippen LogP contribution in [0.1, 0.15) is 39.2 Å². The maximum atomic E-state index is 11.8. The van der Waals surface area contributed by atoms with Crippen LogP contribution in [-0.4, -0.2) is 11.2 Å². The van der Waals surface area contributed by atoms with Crippen LogP contribution >= 0.6 is 12.6 Å². The predicted octanol–water partition coefficient (Wildman–Crippen LogP) is 3.92. The van der Waals surface area contributed by atoms with Crippen molar-refractivity contribution in [3.05, 3.63) is 29.8 Å². The first-order valence-corrected chi connectivity index (χ1v) is 7.14. The van der Waals surface area contributed by atoms with E-state index in [-0.39, 0.29) is 17.1 Å². The van der Waals surface area contributed by atoms with Crippen molar-refractivity contribution in [1.82, 2.24) is 0 Å². The van der Waals surface area contributed by atoms with Crippen LogP contribution in [0.25, 0.3) is 0 Å². The summed E-state index contributed by atoms with van der Waals surface area (Å²) in [5.74, 6) is 0.201. The highest BCUT2D eigenvalue weighted by Crippen LogP contribution is 2.15. The van der Waals surface area contributed by atoms with Gasteiger partial charge in [-0.25, -0.2) is 0 Å². The number of aryl methyl sites for hydroxylation is 1. The summed E-state index contributed by atoms with van der Waals surface area (Å²) in [7, 11) is 0. The van der Waals surface area contributed by atoms with E-state index in [2.05, 4.69) is 37.0 Å². The van der Waals surface area contributed by atoms with Crippen molar-refractivity contribution >= 4 is 24.2 Å². The monoisotopic (exact) mass is 265 g/mol. The molecule has 0 aromatic heterocycles. The molecule has 1 rings (SSSR count). The number of thiol groups is 1. The Morgan fingerprint density at radius 3 is 2.39 bits per heavy atom. The van der Waals surface area contributed by atoms with Gasteiger partial charge in [-0.2, -0.15) is 12.6 Å². The smallest absolute Gasteiger partial charge is 0.237 e. The van der Waals surface area contributed by atoms with Gasteiger partial charge < -0.3 is 5.32 Å². The molecule has 0 fully saturated rings. The van der Waals surface area contributed by atoms with Gasteiger partial charge in [0.2, 0.25) is 5.91 Å². The molecule has 1 atom stereocenters. The summed E-state index contributed by atoms with van der Waals surface area (Å²) in [5.41, 5.74) is 2.17. The molecule has 0 aliphatic heterocycles. The fourth-order valence-electron chi connectivity index (χ4n) is 1.65. The van der Waals surface area contributed by atoms with Gasteiger partial charge in [-0.3, -0.25) is 4.79 Å². The summed E-state index contributed by atoms with van der Waals surface area (Å²) in [6.45, 7) is 6.17. The number of benzene rings is 1. The summed E-state index contributed by atoms with van der Waals surface area (Å²) in [5, 5.41) is 2.63. The Balaban J connectivity index is 2.55. The van der Waals surface area contributed by atoms with E-state index >= 15 is 0 Å². The molecular weight excluding hydrogens is 242 g/mol. The van der Waals surface area contributed by atoms with Gasteiger partial charge in [0.1, 0.15) is 0 Å². The molecule has 2 nitrogen and oxygen atoms in total. The summed E-state index contributed by atoms with van der Waals surface area (Å²) in [6, 6.07) is 8.08. The third-order valence-corrected chi connectivity index (χ3v) is 3.77. The molecule has 0 aliphatic carbocycles. The third-order valence-electron chi connectivity index (χ3n) is 2.94. The molecule has 0 saturated carbocycles. The number of nitrogens with one attached hydrogen (secondary N) is 1. The van der Waals surface area contributed by atoms with Crippen LogP contribution in [0.3, 0.4) is 0 Å². The number of unbranched alkanes of at least 4 members (excludes halogenated alkanes) is 1. The van der Waals surface area contributed by atoms with Crippen molar-refractivity contribution in [2.75, 3.05) is 5.32 Å². The Hall–Kier alpha value is -0.960. The summed E-state index contributed by atoms with van der Waals surface area (Å²) in [4.78, 5) is 11.8. The maximum absolute atomic E-state index is 11.8. The Bertz CT molecular complexity index is 373. The number of hydrogen-bond donors (Lipinski definition) is 2. The number of amides is 1. The van der Waals surface area contributed by atoms with Crippen LogP contribution in [-0.2, 0) is 11.2 Å². The van der Waals surface area contributed by atoms with Crippen LogP contribution in [0.5, 0.6) is 0 Å². The van der Waals surface area contributed by atoms with E-state index in [0.717, 1.165) is 12.1 Å². The van der Waals surface area contributed by atoms with Gasteiger partial charge in [0.15, 0.2) is 0 Å². The quantitative estimate of drug-likeness (QED) is 0.750. The lowest BCUT2D eigenvalue weighted by molar-refractivity contribution is -0.116. The Kier molecular flexibility index (Phi) is 6.27. The van der Waals surface area contributed by atoms with Gasteiger partial charge in [0.25, 0.3) is 0 Å². The molecule has 1 aromatic carbocycles. The van der Waals surface area contributed by atoms with Gasteiger partial charge in [-0.05, 0) is 36.5 Å². The molecular formula is C15H23NOS. The van der Waals surface area contributed by atoms with Crippen LogP contribution < -0.4 is 5.32 Å². The molecule has 0 radical (unpaired) electrons. The minimum absolute atomic E-state index is 0.0327. The normalized spacial score (nSPS) is 12.5. The van der Waals surface area contributed by atoms with Crippen molar-refractivity contribution in [2.24, 2.45) is 5.92 Å². The fraction of sp³-hybridized carbons (Fsp3) is 0.533. The Morgan fingerprint density at radius 1 is 1.28 bits per heavy atom. The van der Waals surface area contributed by atoms with Crippen molar-refractivity contribution < 1.29 is 4.79 Å². The first-order chi connectivity index (χ1) is 8.54. The topological polar surface area (TPSA) is 29.1 Å². The minimum atomic E-state index is -0.259. The second-order valence-corrected chi connectivity index (χ2v) is 5.53. The van der Waals surface area contributed by atoms with Gasteiger partial charge in [0, 0.05) is 5.69 Å². The number of anilines is 1. The van der Waals surface area contributed by atoms with E-state index in [1.54, 1.807) is 0 Å². The lowest BCUT2D eigenvalue weighted by Gasteiger charge is -2.14. The highest BCUT2D eigenvalue weighted by Gasteiger charge is 2.17. The molecule has 0 saturated heterocycles. The molecule has 1 amide bonds. The minimum Gasteiger partial charge on any atom is -0.325 e. The average Bonchev–Trinajstić information content (AvgIpc) is 2.36. The van der Waals surface area contributed by atoms with E-state index < -0.39 is 0 Å². The van der Waals surface area contributed by atoms with Crippen molar-refractivity contribution in [3.8, 4) is 0 Å². The average molecular weight is 265 g/mol. The molecule has 0 heterocycles. The van der Waals surface area contributed by atoms with Crippen molar-refractivity contribution in [2.45, 2.75) is 45.3 Å². The SMILES string of the molecule is CCCCc1ccc(NC(=O)C(S)C(C)C)cc1. The molecule has 100 valence electrons. The van der Waals surface area contributed by atoms with Crippen LogP contribution in [0.2, 0.25) is 0 Å². The van der Waals surface area contributed by atoms with Crippen LogP contribution in [0, 0.1) is 5.92 Å². The van der Waals surface area contributed by atoms with Gasteiger partial charge in [0.05, 0.1) is 5.25 Å². The van der Waals surface area contributed by atoms with E-state index in [9.17, 15) is 4.79 Å². The molecule has 1 N–H and O–H groups in total. The second kappa shape index (κ2) is 7.47. The van der Waals surface area contributed by atoms with E-state index in [0.29, 0.717) is 0 Å². The molecule has 18 heavy (non-hydrogen) atoms. The zero-order chi connectivity index (χ0) is 13.5. The molecule has 0 spiro atoms. The van der Waals surface area contributed by atoms with E-state index in [1.165, 1.54) is 18.4 Å². The number of carbonyl (C=O) groups is 1. The van der Waals surface area contributed by atoms with E-state index in [1.807, 2.05) is 26.0 Å². The van der Waals surface area contributed by atoms with Gasteiger partial charge >= 0.3 is 0 Å². The standard InChI is InChI=1S/C15H23NOS/c1-4-5-6-12-7-9-13(10-8-12)16-15(17)14(18)11(2)3/h7-11,14,18H,4-6H2,1-3H3,(H,16,17). The lowest BCUT2D eigenvalue weighted by atomic mass is 10.1. The first kappa shape index (κ1) is 15.1. The Morgan fingerprint density at radius 2 is 1.89 bits per heavy atom. The molecule has 3 heteroatoms. The highest BCUT2D eigenvalue weighted by atomic mass is 32.1. The van der Waals surface area contributed by atoms with Gasteiger partial charge in [-0.15, -0.1) is 0 Å². The van der Waals surface area contributed by atoms with Gasteiger partial charge in [-0.1, -0.05) is 39.3 Å². The molecule has 0 aliphatic rings. The zero-order valence-electron chi connectivity index (χ0n) is 11.4. The zero-order valence-corrected chi connectivity index (χ0v) is 12.3. The highest BCUT2D eigenvalue weighted by molar-refractivity contribution is 7.81. The number of rotatable bonds is 6. The number of hydrogen-bond acceptors (Lipinski definition) is 2. The van der Waals surface area contributed by atoms with E-state index in [4.69, 9.17) is 0 Å². The van der Waals surface area contributed by atoms with Crippen LogP contribution in [0.15, 0.2) is 24.3 Å². The number of carbonyl (C=O) groups excluding carboxylic acids is 1. The summed E-state index contributed by atoms with van der Waals surface area (Å²) < 4.78 is 0. The lowest BCUT2D eigenvalue weighted by Crippen LogP contribution is -2.27. The van der Waals surface area contributed by atoms with Crippen LogP contribution in [0.4, 0.5) is 5.69 Å². The Labute approximate surface area is 116 Å². The third kappa shape index (κ3) is 4.73. The van der Waals surface area contributed by atoms with Crippen molar-refractivity contribution in [3.63, 3.8) is 0 Å².